The van der Waals surface area contributed by atoms with Crippen molar-refractivity contribution in [3.8, 4) is 0 Å². The van der Waals surface area contributed by atoms with Gasteiger partial charge < -0.3 is 89.9 Å². The minimum Gasteiger partial charge on any atom is -0.394 e. The second kappa shape index (κ2) is 53.4. The van der Waals surface area contributed by atoms with Crippen LogP contribution in [0.4, 0.5) is 0 Å². The summed E-state index contributed by atoms with van der Waals surface area (Å²) >= 11 is 0. The van der Waals surface area contributed by atoms with Crippen LogP contribution in [-0.4, -0.2) is 193 Å². The molecule has 3 fully saturated rings. The molecule has 0 bridgehead atoms. The highest BCUT2D eigenvalue weighted by molar-refractivity contribution is 5.76. The Morgan fingerprint density at radius 2 is 0.711 bits per heavy atom. The summed E-state index contributed by atoms with van der Waals surface area (Å²) in [5.41, 5.74) is 0. The molecule has 530 valence electrons. The maximum atomic E-state index is 13.4. The van der Waals surface area contributed by atoms with E-state index in [0.717, 1.165) is 38.5 Å². The Morgan fingerprint density at radius 1 is 0.389 bits per heavy atom. The molecule has 3 heterocycles. The first kappa shape index (κ1) is 82.5. The van der Waals surface area contributed by atoms with Gasteiger partial charge >= 0.3 is 0 Å². The highest BCUT2D eigenvalue weighted by atomic mass is 16.8. The molecule has 0 aliphatic carbocycles. The molecule has 0 aromatic carbocycles. The molecule has 3 saturated heterocycles. The van der Waals surface area contributed by atoms with Gasteiger partial charge in [-0.25, -0.2) is 0 Å². The van der Waals surface area contributed by atoms with Crippen molar-refractivity contribution >= 4 is 5.91 Å². The Bertz CT molecular complexity index is 1730. The van der Waals surface area contributed by atoms with Crippen molar-refractivity contribution in [2.24, 2.45) is 0 Å². The lowest BCUT2D eigenvalue weighted by molar-refractivity contribution is -0.379. The predicted octanol–water partition coefficient (Wildman–Crippen LogP) is 10.2. The summed E-state index contributed by atoms with van der Waals surface area (Å²) in [7, 11) is 0. The number of nitrogens with one attached hydrogen (secondary N) is 1. The van der Waals surface area contributed by atoms with Gasteiger partial charge in [-0.15, -0.1) is 0 Å². The Hall–Kier alpha value is -1.73. The second-order valence-electron chi connectivity index (χ2n) is 26.4. The van der Waals surface area contributed by atoms with Gasteiger partial charge in [0.15, 0.2) is 18.9 Å². The number of rotatable bonds is 57. The van der Waals surface area contributed by atoms with Crippen molar-refractivity contribution < 1.29 is 89.4 Å². The molecule has 1 amide bonds. The number of allylic oxidation sites excluding steroid dienone is 3. The van der Waals surface area contributed by atoms with E-state index in [1.807, 2.05) is 6.08 Å². The summed E-state index contributed by atoms with van der Waals surface area (Å²) in [6, 6.07) is -0.987. The molecule has 0 aromatic heterocycles. The van der Waals surface area contributed by atoms with Gasteiger partial charge in [-0.3, -0.25) is 4.79 Å². The van der Waals surface area contributed by atoms with E-state index in [1.54, 1.807) is 6.08 Å². The number of hydrogen-bond acceptors (Lipinski definition) is 18. The average molecular weight is 1290 g/mol. The minimum absolute atomic E-state index is 0.241. The molecule has 19 nitrogen and oxygen atoms in total. The topological polar surface area (TPSA) is 307 Å². The van der Waals surface area contributed by atoms with Crippen LogP contribution in [0.5, 0.6) is 0 Å². The number of carbonyl (C=O) groups excluding carboxylic acids is 1. The Morgan fingerprint density at radius 3 is 1.11 bits per heavy atom. The van der Waals surface area contributed by atoms with Gasteiger partial charge in [0.1, 0.15) is 73.2 Å². The summed E-state index contributed by atoms with van der Waals surface area (Å²) < 4.78 is 34.4. The van der Waals surface area contributed by atoms with Gasteiger partial charge in [-0.05, 0) is 32.1 Å². The molecule has 3 aliphatic heterocycles. The third-order valence-electron chi connectivity index (χ3n) is 18.5. The van der Waals surface area contributed by atoms with E-state index < -0.39 is 124 Å². The summed E-state index contributed by atoms with van der Waals surface area (Å²) in [5.74, 6) is -0.279. The Labute approximate surface area is 543 Å². The fourth-order valence-electron chi connectivity index (χ4n) is 12.6. The van der Waals surface area contributed by atoms with E-state index in [4.69, 9.17) is 28.4 Å². The van der Waals surface area contributed by atoms with E-state index in [1.165, 1.54) is 218 Å². The highest BCUT2D eigenvalue weighted by Crippen LogP contribution is 2.33. The lowest BCUT2D eigenvalue weighted by atomic mass is 9.96. The first-order valence-corrected chi connectivity index (χ1v) is 36.6. The van der Waals surface area contributed by atoms with E-state index in [0.29, 0.717) is 12.8 Å². The first-order chi connectivity index (χ1) is 43.8. The van der Waals surface area contributed by atoms with E-state index in [-0.39, 0.29) is 18.9 Å². The molecule has 3 rings (SSSR count). The van der Waals surface area contributed by atoms with Crippen molar-refractivity contribution in [2.75, 3.05) is 26.4 Å². The third-order valence-corrected chi connectivity index (χ3v) is 18.5. The average Bonchev–Trinajstić information content (AvgIpc) is 1.05. The van der Waals surface area contributed by atoms with Gasteiger partial charge in [-0.1, -0.05) is 276 Å². The normalized spacial score (nSPS) is 28.1. The molecule has 0 radical (unpaired) electrons. The monoisotopic (exact) mass is 1290 g/mol. The number of aliphatic hydroxyl groups excluding tert-OH is 11. The quantitative estimate of drug-likeness (QED) is 0.0199. The van der Waals surface area contributed by atoms with Crippen LogP contribution in [-0.2, 0) is 33.2 Å². The van der Waals surface area contributed by atoms with Gasteiger partial charge in [-0.2, -0.15) is 0 Å². The van der Waals surface area contributed by atoms with Crippen molar-refractivity contribution in [1.29, 1.82) is 0 Å². The van der Waals surface area contributed by atoms with E-state index >= 15 is 0 Å². The number of aliphatic hydroxyl groups is 11. The molecule has 90 heavy (non-hydrogen) atoms. The zero-order chi connectivity index (χ0) is 65.4. The molecule has 19 heteroatoms. The van der Waals surface area contributed by atoms with Crippen LogP contribution in [0.25, 0.3) is 0 Å². The van der Waals surface area contributed by atoms with Crippen molar-refractivity contribution in [3.63, 3.8) is 0 Å². The number of ether oxygens (including phenoxy) is 6. The Kier molecular flexibility index (Phi) is 49.0. The summed E-state index contributed by atoms with van der Waals surface area (Å²) in [4.78, 5) is 13.4. The SMILES string of the molecule is CCCCCCCCCCCCCCC/C=C/CC/C=C/C(O)C(COC1OC(CO)C(OC2OC(CO)C(OC3OC(CO)C(O)C(O)C3O)C(O)C2O)C(O)C1O)NC(=O)CCCCCCCCCCCCCCCCCCCCCCCCCCCC. The number of carbonyl (C=O) groups is 1. The number of unbranched alkanes of at least 4 members (excludes halogenated alkanes) is 39. The lowest BCUT2D eigenvalue weighted by Gasteiger charge is -2.48. The highest BCUT2D eigenvalue weighted by Gasteiger charge is 2.53. The van der Waals surface area contributed by atoms with Crippen LogP contribution in [0.3, 0.4) is 0 Å². The van der Waals surface area contributed by atoms with Crippen LogP contribution in [0.15, 0.2) is 24.3 Å². The first-order valence-electron chi connectivity index (χ1n) is 36.6. The van der Waals surface area contributed by atoms with Crippen LogP contribution in [0.2, 0.25) is 0 Å². The second-order valence-corrected chi connectivity index (χ2v) is 26.4. The lowest BCUT2D eigenvalue weighted by Crippen LogP contribution is -2.66. The van der Waals surface area contributed by atoms with Crippen molar-refractivity contribution in [2.45, 2.75) is 394 Å². The molecular weight excluding hydrogens is 1150 g/mol. The molecular formula is C71H133NO18. The zero-order valence-corrected chi connectivity index (χ0v) is 56.1. The van der Waals surface area contributed by atoms with Gasteiger partial charge in [0.2, 0.25) is 5.91 Å². The largest absolute Gasteiger partial charge is 0.394 e. The molecule has 0 spiro atoms. The van der Waals surface area contributed by atoms with Crippen molar-refractivity contribution in [3.05, 3.63) is 24.3 Å². The smallest absolute Gasteiger partial charge is 0.220 e. The third kappa shape index (κ3) is 34.8. The summed E-state index contributed by atoms with van der Waals surface area (Å²) in [6.45, 7) is 1.76. The zero-order valence-electron chi connectivity index (χ0n) is 56.1. The van der Waals surface area contributed by atoms with Crippen LogP contribution in [0, 0.1) is 0 Å². The molecule has 3 aliphatic rings. The predicted molar refractivity (Wildman–Crippen MR) is 351 cm³/mol. The maximum absolute atomic E-state index is 13.4. The van der Waals surface area contributed by atoms with Gasteiger partial charge in [0.25, 0.3) is 0 Å². The summed E-state index contributed by atoms with van der Waals surface area (Å²) in [5, 5.41) is 121. The minimum atomic E-state index is -1.98. The van der Waals surface area contributed by atoms with Crippen LogP contribution in [0.1, 0.15) is 290 Å². The molecule has 0 aromatic rings. The Balaban J connectivity index is 1.42. The van der Waals surface area contributed by atoms with E-state index in [9.17, 15) is 61.0 Å². The number of hydrogen-bond donors (Lipinski definition) is 12. The standard InChI is InChI=1S/C71H133NO18/c1-3-5-7-9-11-13-15-17-19-21-23-24-25-26-27-28-29-31-33-35-37-39-41-43-45-47-49-59(77)72-54(55(76)48-46-44-42-40-38-36-34-32-30-22-20-18-16-14-12-10-8-6-4-2)53-85-69-65(83)62(80)67(57(51-74)87-69)90-71-66(84)63(81)68(58(52-75)88-71)89-70-64(82)61(79)60(78)56(50-73)86-70/h38,40,46,48,54-58,60-71,73-76,78-84H,3-37,39,41-45,47,49-53H2,1-2H3,(H,72,77)/b40-38+,48-46+. The maximum Gasteiger partial charge on any atom is 0.220 e. The number of amides is 1. The van der Waals surface area contributed by atoms with E-state index in [2.05, 4.69) is 31.3 Å². The van der Waals surface area contributed by atoms with Gasteiger partial charge in [0.05, 0.1) is 38.6 Å². The summed E-state index contributed by atoms with van der Waals surface area (Å²) in [6.07, 6.45) is 34.5. The van der Waals surface area contributed by atoms with Crippen LogP contribution < -0.4 is 5.32 Å². The molecule has 12 N–H and O–H groups in total. The van der Waals surface area contributed by atoms with Gasteiger partial charge in [0, 0.05) is 6.42 Å². The van der Waals surface area contributed by atoms with Crippen molar-refractivity contribution in [1.82, 2.24) is 5.32 Å². The molecule has 17 unspecified atom stereocenters. The molecule has 17 atom stereocenters. The fourth-order valence-corrected chi connectivity index (χ4v) is 12.6. The molecule has 0 saturated carbocycles. The van der Waals surface area contributed by atoms with Crippen LogP contribution >= 0.6 is 0 Å². The fraction of sp³-hybridized carbons (Fsp3) is 0.930.